The van der Waals surface area contributed by atoms with Gasteiger partial charge >= 0.3 is 12.1 Å². The summed E-state index contributed by atoms with van der Waals surface area (Å²) in [5.74, 6) is -1.04. The van der Waals surface area contributed by atoms with Crippen molar-refractivity contribution in [1.29, 1.82) is 0 Å². The molecule has 0 radical (unpaired) electrons. The summed E-state index contributed by atoms with van der Waals surface area (Å²) in [6.45, 7) is 18.5. The van der Waals surface area contributed by atoms with Crippen LogP contribution in [-0.2, 0) is 55.6 Å². The van der Waals surface area contributed by atoms with Crippen LogP contribution in [0.4, 0.5) is 9.18 Å². The number of nitrogens with one attached hydrogen (secondary N) is 2. The number of hydrogen-bond donors (Lipinski definition) is 3. The standard InChI is InChI=1S/C25H24FN3O4.C17H25NO4S2.C2H6/c1-4-25(32)15-7-19-22-13(9-29(19)23(30)14(15)10-33-24(25)31)21-17(27-3)6-5-12-11(2)16(26)8-18(28-22)20(12)21;1-16(2,3)22-15(20)18-11-17(4,5)24-23-14-8-6-13(7-9-14)10-21-12-19;1-2/h7-8,17,27,32H,4-6,9-10H2,1-3H3;6-9,12H,10-11H2,1-5H3,(H,18,20);1-2H3/t17-,25-;;/m0../s1. The molecule has 2 aromatic carbocycles. The molecule has 15 heteroatoms. The Bertz CT molecular complexity index is 2290. The van der Waals surface area contributed by atoms with Crippen LogP contribution in [0.15, 0.2) is 46.1 Å². The van der Waals surface area contributed by atoms with E-state index in [1.54, 1.807) is 46.1 Å². The van der Waals surface area contributed by atoms with Crippen molar-refractivity contribution in [3.8, 4) is 11.4 Å². The van der Waals surface area contributed by atoms with Gasteiger partial charge in [0.05, 0.1) is 29.0 Å². The number of ether oxygens (including phenoxy) is 3. The van der Waals surface area contributed by atoms with Gasteiger partial charge in [0, 0.05) is 44.8 Å². The number of carbonyl (C=O) groups excluding carboxylic acids is 3. The summed E-state index contributed by atoms with van der Waals surface area (Å²) < 4.78 is 31.4. The molecule has 0 bridgehead atoms. The van der Waals surface area contributed by atoms with Gasteiger partial charge < -0.3 is 34.5 Å². The number of aromatic nitrogens is 2. The maximum atomic E-state index is 14.8. The third kappa shape index (κ3) is 9.64. The Morgan fingerprint density at radius 2 is 1.81 bits per heavy atom. The molecule has 0 fully saturated rings. The molecule has 318 valence electrons. The van der Waals surface area contributed by atoms with Gasteiger partial charge in [0.2, 0.25) is 0 Å². The lowest BCUT2D eigenvalue weighted by atomic mass is 9.81. The second kappa shape index (κ2) is 18.4. The summed E-state index contributed by atoms with van der Waals surface area (Å²) in [6, 6.07) is 11.0. The van der Waals surface area contributed by atoms with E-state index >= 15 is 0 Å². The number of rotatable bonds is 10. The van der Waals surface area contributed by atoms with Crippen LogP contribution in [0, 0.1) is 12.7 Å². The average molecular weight is 851 g/mol. The third-order valence-corrected chi connectivity index (χ3v) is 13.7. The number of aryl methyl sites for hydroxylation is 1. The van der Waals surface area contributed by atoms with Gasteiger partial charge in [0.15, 0.2) is 5.60 Å². The van der Waals surface area contributed by atoms with Gasteiger partial charge in [-0.2, -0.15) is 0 Å². The fourth-order valence-electron chi connectivity index (χ4n) is 7.40. The van der Waals surface area contributed by atoms with Gasteiger partial charge in [-0.25, -0.2) is 19.0 Å². The van der Waals surface area contributed by atoms with E-state index in [4.69, 9.17) is 19.2 Å². The molecule has 3 aliphatic rings. The zero-order chi connectivity index (χ0) is 43.4. The largest absolute Gasteiger partial charge is 0.463 e. The fraction of sp³-hybridized carbons (Fsp3) is 0.477. The highest BCUT2D eigenvalue weighted by molar-refractivity contribution is 8.77. The number of cyclic esters (lactones) is 1. The van der Waals surface area contributed by atoms with Crippen molar-refractivity contribution >= 4 is 51.0 Å². The molecule has 12 nitrogen and oxygen atoms in total. The van der Waals surface area contributed by atoms with Gasteiger partial charge in [-0.3, -0.25) is 9.59 Å². The second-order valence-electron chi connectivity index (χ2n) is 16.0. The van der Waals surface area contributed by atoms with Crippen molar-refractivity contribution < 1.29 is 38.1 Å². The maximum Gasteiger partial charge on any atom is 0.407 e. The molecule has 0 saturated carbocycles. The molecule has 2 aliphatic heterocycles. The van der Waals surface area contributed by atoms with Crippen LogP contribution >= 0.6 is 21.6 Å². The Kier molecular flexibility index (Phi) is 14.3. The Morgan fingerprint density at radius 1 is 1.12 bits per heavy atom. The van der Waals surface area contributed by atoms with E-state index in [0.29, 0.717) is 47.6 Å². The van der Waals surface area contributed by atoms with E-state index in [2.05, 4.69) is 24.5 Å². The lowest BCUT2D eigenvalue weighted by molar-refractivity contribution is -0.172. The Morgan fingerprint density at radius 3 is 2.44 bits per heavy atom. The Hall–Kier alpha value is -4.44. The SMILES string of the molecule is CC.CC(C)(C)OC(=O)NCC(C)(C)SSc1ccc(COC=O)cc1.CC[C@@]1(O)C(=O)OCc2c1cc1n(c2=O)Cc2c-1nc1cc(F)c(C)c3c1c2[C@@H](NC)CC3. The van der Waals surface area contributed by atoms with Crippen molar-refractivity contribution in [2.45, 2.75) is 128 Å². The molecule has 7 rings (SSSR count). The van der Waals surface area contributed by atoms with Crippen molar-refractivity contribution in [2.75, 3.05) is 13.6 Å². The quantitative estimate of drug-likeness (QED) is 0.0537. The Labute approximate surface area is 352 Å². The lowest BCUT2D eigenvalue weighted by Crippen LogP contribution is -2.44. The lowest BCUT2D eigenvalue weighted by Gasteiger charge is -2.31. The van der Waals surface area contributed by atoms with Gasteiger partial charge in [-0.15, -0.1) is 0 Å². The van der Waals surface area contributed by atoms with Crippen LogP contribution in [0.25, 0.3) is 22.3 Å². The minimum absolute atomic E-state index is 0.0544. The van der Waals surface area contributed by atoms with Gasteiger partial charge in [-0.1, -0.05) is 54.5 Å². The summed E-state index contributed by atoms with van der Waals surface area (Å²) in [5.41, 5.74) is 4.16. The van der Waals surface area contributed by atoms with Crippen molar-refractivity contribution in [2.24, 2.45) is 0 Å². The Balaban J connectivity index is 0.000000227. The van der Waals surface area contributed by atoms with Crippen LogP contribution in [0.1, 0.15) is 113 Å². The van der Waals surface area contributed by atoms with Gasteiger partial charge in [0.25, 0.3) is 12.0 Å². The van der Waals surface area contributed by atoms with Crippen LogP contribution in [-0.4, -0.2) is 57.1 Å². The highest BCUT2D eigenvalue weighted by atomic mass is 33.1. The molecular formula is C44H55FN4O8S2. The van der Waals surface area contributed by atoms with Gasteiger partial charge in [0.1, 0.15) is 24.6 Å². The third-order valence-electron chi connectivity index (χ3n) is 10.4. The van der Waals surface area contributed by atoms with E-state index in [0.717, 1.165) is 45.4 Å². The van der Waals surface area contributed by atoms with Crippen LogP contribution in [0.2, 0.25) is 0 Å². The molecule has 0 spiro atoms. The zero-order valence-corrected chi connectivity index (χ0v) is 37.1. The smallest absolute Gasteiger partial charge is 0.407 e. The van der Waals surface area contributed by atoms with Crippen molar-refractivity contribution in [3.63, 3.8) is 0 Å². The number of esters is 1. The molecular weight excluding hydrogens is 796 g/mol. The molecule has 4 heterocycles. The molecule has 59 heavy (non-hydrogen) atoms. The minimum atomic E-state index is -1.87. The summed E-state index contributed by atoms with van der Waals surface area (Å²) in [4.78, 5) is 53.7. The number of aliphatic hydroxyl groups is 1. The number of halogens is 1. The number of amides is 1. The monoisotopic (exact) mass is 850 g/mol. The zero-order valence-electron chi connectivity index (χ0n) is 35.5. The molecule has 2 atom stereocenters. The van der Waals surface area contributed by atoms with E-state index in [1.165, 1.54) is 6.07 Å². The molecule has 0 saturated heterocycles. The average Bonchev–Trinajstić information content (AvgIpc) is 3.58. The predicted octanol–water partition coefficient (Wildman–Crippen LogP) is 8.16. The number of benzene rings is 2. The molecule has 4 aromatic rings. The van der Waals surface area contributed by atoms with E-state index in [-0.39, 0.29) is 47.4 Å². The first-order valence-corrected chi connectivity index (χ1v) is 22.0. The molecule has 1 amide bonds. The number of carbonyl (C=O) groups is 3. The predicted molar refractivity (Wildman–Crippen MR) is 230 cm³/mol. The maximum absolute atomic E-state index is 14.8. The summed E-state index contributed by atoms with van der Waals surface area (Å²) in [5, 5.41) is 18.2. The van der Waals surface area contributed by atoms with Gasteiger partial charge in [-0.05, 0) is 108 Å². The number of alkyl carbamates (subject to hydrolysis) is 1. The topological polar surface area (TPSA) is 158 Å². The first kappa shape index (κ1) is 45.6. The highest BCUT2D eigenvalue weighted by Crippen LogP contribution is 2.46. The molecule has 2 aromatic heterocycles. The molecule has 1 aliphatic carbocycles. The number of nitrogens with zero attached hydrogens (tertiary/aromatic N) is 2. The number of hydrogen-bond acceptors (Lipinski definition) is 12. The van der Waals surface area contributed by atoms with Crippen LogP contribution < -0.4 is 16.2 Å². The molecule has 0 unspecified atom stereocenters. The van der Waals surface area contributed by atoms with Crippen LogP contribution in [0.5, 0.6) is 0 Å². The highest BCUT2D eigenvalue weighted by Gasteiger charge is 2.46. The van der Waals surface area contributed by atoms with E-state index in [9.17, 15) is 28.7 Å². The van der Waals surface area contributed by atoms with Crippen molar-refractivity contribution in [1.82, 2.24) is 20.2 Å². The van der Waals surface area contributed by atoms with Crippen LogP contribution in [0.3, 0.4) is 0 Å². The summed E-state index contributed by atoms with van der Waals surface area (Å²) >= 11 is 0. The van der Waals surface area contributed by atoms with E-state index in [1.807, 2.05) is 65.9 Å². The van der Waals surface area contributed by atoms with E-state index < -0.39 is 23.3 Å². The summed E-state index contributed by atoms with van der Waals surface area (Å²) in [6.07, 6.45) is 1.25. The fourth-order valence-corrected chi connectivity index (χ4v) is 9.58. The summed E-state index contributed by atoms with van der Waals surface area (Å²) in [7, 11) is 5.22. The molecule has 3 N–H and O–H groups in total. The first-order valence-electron chi connectivity index (χ1n) is 19.9. The van der Waals surface area contributed by atoms with Crippen molar-refractivity contribution in [3.05, 3.63) is 91.5 Å². The normalized spacial score (nSPS) is 17.6. The number of fused-ring (bicyclic) bond motifs is 5. The second-order valence-corrected chi connectivity index (χ2v) is 18.9. The first-order chi connectivity index (χ1) is 27.9. The minimum Gasteiger partial charge on any atom is -0.463 e. The number of pyridine rings is 2.